The Morgan fingerprint density at radius 2 is 1.66 bits per heavy atom. The molecule has 0 bridgehead atoms. The summed E-state index contributed by atoms with van der Waals surface area (Å²) >= 11 is 0. The summed E-state index contributed by atoms with van der Waals surface area (Å²) in [7, 11) is 2.55. The smallest absolute Gasteiger partial charge is 0.411 e. The minimum absolute atomic E-state index is 0.00946. The summed E-state index contributed by atoms with van der Waals surface area (Å²) in [4.78, 5) is 121. The van der Waals surface area contributed by atoms with Crippen LogP contribution in [0, 0.1) is 5.82 Å². The molecule has 0 spiro atoms. The first kappa shape index (κ1) is 50.4. The second kappa shape index (κ2) is 19.5. The van der Waals surface area contributed by atoms with Crippen molar-refractivity contribution in [2.45, 2.75) is 120 Å². The van der Waals surface area contributed by atoms with Crippen molar-refractivity contribution in [1.29, 1.82) is 0 Å². The predicted octanol–water partition coefficient (Wildman–Crippen LogP) is 4.34. The van der Waals surface area contributed by atoms with E-state index in [0.29, 0.717) is 12.8 Å². The number of nitrogens with zero attached hydrogens (tertiary/aromatic N) is 7. The second-order valence-corrected chi connectivity index (χ2v) is 20.2. The van der Waals surface area contributed by atoms with Crippen molar-refractivity contribution in [2.75, 3.05) is 60.8 Å². The topological polar surface area (TPSA) is 245 Å². The lowest BCUT2D eigenvalue weighted by atomic mass is 10.0. The van der Waals surface area contributed by atoms with Gasteiger partial charge in [-0.1, -0.05) is 18.9 Å². The molecule has 388 valence electrons. The minimum atomic E-state index is -3.68. The van der Waals surface area contributed by atoms with Crippen LogP contribution in [0.15, 0.2) is 36.5 Å². The summed E-state index contributed by atoms with van der Waals surface area (Å²) in [6.45, 7) is 4.56. The Labute approximate surface area is 417 Å². The zero-order chi connectivity index (χ0) is 52.3. The number of alkyl halides is 2. The Balaban J connectivity index is 0.852. The molecule has 1 saturated carbocycles. The zero-order valence-corrected chi connectivity index (χ0v) is 40.9. The Hall–Kier alpha value is -7.53. The van der Waals surface area contributed by atoms with Crippen LogP contribution in [0.3, 0.4) is 0 Å². The quantitative estimate of drug-likeness (QED) is 0.207. The molecule has 24 heteroatoms. The number of imide groups is 2. The number of anilines is 5. The van der Waals surface area contributed by atoms with E-state index in [4.69, 9.17) is 9.47 Å². The predicted molar refractivity (Wildman–Crippen MR) is 255 cm³/mol. The molecule has 6 aliphatic rings. The van der Waals surface area contributed by atoms with Crippen LogP contribution >= 0.6 is 0 Å². The average molecular weight is 1020 g/mol. The molecule has 5 aliphatic heterocycles. The molecule has 1 aliphatic carbocycles. The fraction of sp³-hybridized carbons (Fsp3) is 0.510. The van der Waals surface area contributed by atoms with Crippen LogP contribution in [0.5, 0.6) is 5.75 Å². The van der Waals surface area contributed by atoms with E-state index in [9.17, 15) is 38.4 Å². The molecule has 1 aromatic heterocycles. The maximum atomic E-state index is 15.9. The molecule has 3 aromatic rings. The van der Waals surface area contributed by atoms with E-state index in [-0.39, 0.29) is 115 Å². The van der Waals surface area contributed by atoms with Crippen LogP contribution < -0.4 is 35.8 Å². The Bertz CT molecular complexity index is 2790. The van der Waals surface area contributed by atoms with E-state index >= 15 is 13.2 Å². The minimum Gasteiger partial charge on any atom is -0.495 e. The number of methoxy groups -OCH3 is 1. The van der Waals surface area contributed by atoms with Gasteiger partial charge in [-0.3, -0.25) is 48.7 Å². The summed E-state index contributed by atoms with van der Waals surface area (Å²) in [5, 5.41) is 11.2. The number of fused-ring (bicyclic) bond motifs is 2. The van der Waals surface area contributed by atoms with Crippen LogP contribution in [-0.4, -0.2) is 154 Å². The van der Waals surface area contributed by atoms with E-state index in [2.05, 4.69) is 31.2 Å². The number of hydrogen-bond acceptors (Lipinski definition) is 15. The Morgan fingerprint density at radius 3 is 2.34 bits per heavy atom. The number of benzene rings is 2. The Morgan fingerprint density at radius 1 is 0.932 bits per heavy atom. The molecule has 0 radical (unpaired) electrons. The number of nitrogens with one attached hydrogen (secondary N) is 4. The first-order valence-corrected chi connectivity index (χ1v) is 24.3. The van der Waals surface area contributed by atoms with Gasteiger partial charge in [0.25, 0.3) is 23.6 Å². The third-order valence-electron chi connectivity index (χ3n) is 14.1. The van der Waals surface area contributed by atoms with Gasteiger partial charge >= 0.3 is 12.0 Å². The van der Waals surface area contributed by atoms with Gasteiger partial charge in [0, 0.05) is 63.0 Å². The monoisotopic (exact) mass is 1020 g/mol. The van der Waals surface area contributed by atoms with Gasteiger partial charge in [0.05, 0.1) is 42.2 Å². The zero-order valence-electron chi connectivity index (χ0n) is 40.9. The standard InChI is InChI=1S/C49H56F3N11O10/c1-48(2,3)73-47(71)61-23-26(54-31-12-8-11-28-38(31)44(69)63(42(28)67)33-13-14-37(64)57-41(33)66)19-34(61)43(68)60-17-15-25(16-18-60)55-40(65)29-20-36(72-5)32(21-30(29)50)56-46-53-22-35-39(58-46)62(27-9-6-7-10-27)24-49(51,52)45(70)59(35)4/h8,11-12,20-22,25-27,33-34,54H,6-7,9-10,13-19,23-24H2,1-5H3,(H,55,65)(H,53,56,58)(H,57,64,66)/t26-,33?,34+/m0/s1. The average Bonchev–Trinajstić information content (AvgIpc) is 4.08. The van der Waals surface area contributed by atoms with Crippen molar-refractivity contribution >= 4 is 76.3 Å². The van der Waals surface area contributed by atoms with Gasteiger partial charge in [-0.15, -0.1) is 0 Å². The summed E-state index contributed by atoms with van der Waals surface area (Å²) in [5.41, 5.74) is -0.758. The van der Waals surface area contributed by atoms with Gasteiger partial charge in [0.1, 0.15) is 34.9 Å². The molecule has 2 aromatic carbocycles. The molecule has 1 unspecified atom stereocenters. The maximum absolute atomic E-state index is 15.9. The number of piperidine rings is 2. The van der Waals surface area contributed by atoms with Gasteiger partial charge < -0.3 is 40.1 Å². The van der Waals surface area contributed by atoms with Crippen molar-refractivity contribution in [3.05, 3.63) is 59.0 Å². The number of aromatic nitrogens is 2. The highest BCUT2D eigenvalue weighted by Crippen LogP contribution is 2.41. The van der Waals surface area contributed by atoms with Crippen LogP contribution in [-0.2, 0) is 23.9 Å². The van der Waals surface area contributed by atoms with Gasteiger partial charge in [0.2, 0.25) is 23.7 Å². The van der Waals surface area contributed by atoms with Crippen LogP contribution in [0.4, 0.5) is 46.8 Å². The van der Waals surface area contributed by atoms with E-state index in [1.54, 1.807) is 37.8 Å². The molecule has 6 heterocycles. The highest BCUT2D eigenvalue weighted by Gasteiger charge is 2.50. The Kier molecular flexibility index (Phi) is 13.5. The first-order chi connectivity index (χ1) is 34.6. The molecule has 21 nitrogen and oxygen atoms in total. The molecular formula is C49H56F3N11O10. The number of carbonyl (C=O) groups excluding carboxylic acids is 8. The summed E-state index contributed by atoms with van der Waals surface area (Å²) in [6.07, 6.45) is 4.07. The SMILES string of the molecule is COc1cc(C(=O)NC2CCN(C(=O)[C@H]3C[C@H](Nc4cccc5c4C(=O)N(C4CCC(=O)NC4=O)C5=O)CN3C(=O)OC(C)(C)C)CC2)c(F)cc1Nc1ncc2c(n1)N(C1CCCC1)CC(F)(F)C(=O)N2C. The molecule has 4 N–H and O–H groups in total. The maximum Gasteiger partial charge on any atom is 0.411 e. The number of hydrogen-bond donors (Lipinski definition) is 4. The number of carbonyl (C=O) groups is 8. The highest BCUT2D eigenvalue weighted by molar-refractivity contribution is 6.25. The van der Waals surface area contributed by atoms with Gasteiger partial charge in [-0.05, 0) is 77.5 Å². The van der Waals surface area contributed by atoms with Crippen LogP contribution in [0.2, 0.25) is 0 Å². The van der Waals surface area contributed by atoms with E-state index in [1.807, 2.05) is 0 Å². The number of likely N-dealkylation sites (tertiary alicyclic amines) is 2. The van der Waals surface area contributed by atoms with Crippen molar-refractivity contribution in [1.82, 2.24) is 35.3 Å². The largest absolute Gasteiger partial charge is 0.495 e. The molecular weight excluding hydrogens is 960 g/mol. The van der Waals surface area contributed by atoms with Crippen molar-refractivity contribution in [3.63, 3.8) is 0 Å². The van der Waals surface area contributed by atoms with Gasteiger partial charge in [0.15, 0.2) is 5.82 Å². The van der Waals surface area contributed by atoms with Gasteiger partial charge in [-0.2, -0.15) is 13.8 Å². The third kappa shape index (κ3) is 9.89. The van der Waals surface area contributed by atoms with Crippen LogP contribution in [0.1, 0.15) is 110 Å². The second-order valence-electron chi connectivity index (χ2n) is 20.2. The van der Waals surface area contributed by atoms with Crippen molar-refractivity contribution < 1.29 is 61.0 Å². The molecule has 73 heavy (non-hydrogen) atoms. The number of rotatable bonds is 10. The molecule has 3 atom stereocenters. The lowest BCUT2D eigenvalue weighted by Crippen LogP contribution is -2.54. The lowest BCUT2D eigenvalue weighted by molar-refractivity contribution is -0.140. The lowest BCUT2D eigenvalue weighted by Gasteiger charge is -2.36. The summed E-state index contributed by atoms with van der Waals surface area (Å²) < 4.78 is 57.4. The fourth-order valence-electron chi connectivity index (χ4n) is 10.5. The van der Waals surface area contributed by atoms with E-state index < -0.39 is 89.6 Å². The first-order valence-electron chi connectivity index (χ1n) is 24.3. The number of halogens is 3. The molecule has 4 fully saturated rings. The number of ether oxygens (including phenoxy) is 2. The molecule has 3 saturated heterocycles. The van der Waals surface area contributed by atoms with Crippen molar-refractivity contribution in [2.24, 2.45) is 0 Å². The molecule has 9 rings (SSSR count). The molecule has 8 amide bonds. The highest BCUT2D eigenvalue weighted by atomic mass is 19.3. The van der Waals surface area contributed by atoms with Crippen LogP contribution in [0.25, 0.3) is 0 Å². The third-order valence-corrected chi connectivity index (χ3v) is 14.1. The normalized spacial score (nSPS) is 22.5. The summed E-state index contributed by atoms with van der Waals surface area (Å²) in [5.74, 6) is -9.67. The van der Waals surface area contributed by atoms with E-state index in [1.165, 1.54) is 42.3 Å². The summed E-state index contributed by atoms with van der Waals surface area (Å²) in [6, 6.07) is 3.33. The number of amides is 8. The fourth-order valence-corrected chi connectivity index (χ4v) is 10.5. The van der Waals surface area contributed by atoms with Gasteiger partial charge in [-0.25, -0.2) is 14.2 Å². The van der Waals surface area contributed by atoms with E-state index in [0.717, 1.165) is 28.7 Å². The van der Waals surface area contributed by atoms with Crippen molar-refractivity contribution in [3.8, 4) is 5.75 Å².